The van der Waals surface area contributed by atoms with Crippen molar-refractivity contribution in [3.8, 4) is 0 Å². The van der Waals surface area contributed by atoms with Gasteiger partial charge in [-0.05, 0) is 23.8 Å². The van der Waals surface area contributed by atoms with Gasteiger partial charge < -0.3 is 26.8 Å². The summed E-state index contributed by atoms with van der Waals surface area (Å²) in [5.41, 5.74) is 12.8. The van der Waals surface area contributed by atoms with Crippen LogP contribution in [-0.2, 0) is 0 Å². The van der Waals surface area contributed by atoms with E-state index in [2.05, 4.69) is 15.2 Å². The lowest BCUT2D eigenvalue weighted by Gasteiger charge is -1.97. The lowest BCUT2D eigenvalue weighted by atomic mass is 10.2. The predicted molar refractivity (Wildman–Crippen MR) is 96.8 cm³/mol. The summed E-state index contributed by atoms with van der Waals surface area (Å²) in [4.78, 5) is 12.9. The number of nitrogens with one attached hydrogen (secondary N) is 1. The lowest BCUT2D eigenvalue weighted by Crippen LogP contribution is -2.21. The second kappa shape index (κ2) is 10.2. The molecule has 134 valence electrons. The van der Waals surface area contributed by atoms with Gasteiger partial charge in [0, 0.05) is 6.07 Å². The molecule has 3 aromatic rings. The maximum atomic E-state index is 10.1. The fraction of sp³-hybridized carbons (Fsp3) is 0. The normalized spacial score (nSPS) is 9.69. The fourth-order valence-electron chi connectivity index (χ4n) is 1.79. The van der Waals surface area contributed by atoms with Gasteiger partial charge >= 0.3 is 0 Å². The number of carboxylic acids is 1. The molecule has 0 spiro atoms. The maximum Gasteiger partial charge on any atom is 0.245 e. The van der Waals surface area contributed by atoms with Crippen LogP contribution in [0, 0.1) is 0 Å². The molecule has 26 heavy (non-hydrogen) atoms. The van der Waals surface area contributed by atoms with E-state index in [1.54, 1.807) is 30.3 Å². The van der Waals surface area contributed by atoms with Crippen molar-refractivity contribution in [2.24, 2.45) is 10.2 Å². The molecule has 0 saturated carbocycles. The topological polar surface area (TPSA) is 163 Å². The summed E-state index contributed by atoms with van der Waals surface area (Å²) in [6.07, 6.45) is 0. The number of carbonyl (C=O) groups is 1. The molecule has 0 aliphatic rings. The molecule has 1 aromatic heterocycles. The van der Waals surface area contributed by atoms with Crippen molar-refractivity contribution >= 4 is 29.0 Å². The monoisotopic (exact) mass is 353 g/mol. The van der Waals surface area contributed by atoms with Crippen molar-refractivity contribution in [1.29, 1.82) is 0 Å². The van der Waals surface area contributed by atoms with E-state index in [0.717, 1.165) is 5.69 Å². The lowest BCUT2D eigenvalue weighted by molar-refractivity contribution is -0.341. The second-order valence-electron chi connectivity index (χ2n) is 4.90. The highest BCUT2D eigenvalue weighted by Crippen LogP contribution is 2.21. The molecular weight excluding hydrogens is 334 g/mol. The number of carboxylic acid groups (broad SMARTS) is 1. The molecule has 0 radical (unpaired) electrons. The standard InChI is InChI=1S/C11H11N5.C7H6O2.H2O/c12-10-7-6-9(11(13)14-10)16-15-8-4-2-1-3-5-8;8-7(9)6-4-2-1-3-5-6;/h1-7H,(H4,12,13,14);1-5H,(H,8,9);1H2. The Balaban J connectivity index is 0.000000290. The molecular formula is C18H19N5O3. The van der Waals surface area contributed by atoms with Gasteiger partial charge in [0.1, 0.15) is 0 Å². The Labute approximate surface area is 150 Å². The number of nitrogen functional groups attached to an aromatic ring is 2. The number of carbonyl (C=O) groups excluding carboxylic acids is 1. The van der Waals surface area contributed by atoms with Crippen LogP contribution in [0.4, 0.5) is 23.0 Å². The first-order valence-electron chi connectivity index (χ1n) is 7.36. The summed E-state index contributed by atoms with van der Waals surface area (Å²) < 4.78 is 0. The van der Waals surface area contributed by atoms with Crippen LogP contribution in [0.1, 0.15) is 10.4 Å². The van der Waals surface area contributed by atoms with E-state index in [1.807, 2.05) is 30.3 Å². The molecule has 0 aliphatic heterocycles. The van der Waals surface area contributed by atoms with E-state index < -0.39 is 5.97 Å². The molecule has 0 fully saturated rings. The van der Waals surface area contributed by atoms with Crippen LogP contribution in [0.2, 0.25) is 0 Å². The first-order valence-corrected chi connectivity index (χ1v) is 7.36. The third-order valence-corrected chi connectivity index (χ3v) is 3.01. The van der Waals surface area contributed by atoms with Gasteiger partial charge in [0.2, 0.25) is 11.6 Å². The van der Waals surface area contributed by atoms with Gasteiger partial charge in [-0.1, -0.05) is 48.5 Å². The minimum Gasteiger partial charge on any atom is -0.545 e. The van der Waals surface area contributed by atoms with Gasteiger partial charge in [0.05, 0.1) is 11.7 Å². The number of aromatic nitrogens is 1. The Morgan fingerprint density at radius 1 is 0.846 bits per heavy atom. The number of rotatable bonds is 3. The molecule has 8 nitrogen and oxygen atoms in total. The third kappa shape index (κ3) is 6.38. The highest BCUT2D eigenvalue weighted by atomic mass is 16.4. The number of pyridine rings is 1. The number of aromatic amines is 1. The summed E-state index contributed by atoms with van der Waals surface area (Å²) >= 11 is 0. The van der Waals surface area contributed by atoms with Gasteiger partial charge in [-0.2, -0.15) is 5.11 Å². The zero-order chi connectivity index (χ0) is 18.1. The predicted octanol–water partition coefficient (Wildman–Crippen LogP) is 1.31. The van der Waals surface area contributed by atoms with Crippen molar-refractivity contribution in [2.75, 3.05) is 11.5 Å². The zero-order valence-electron chi connectivity index (χ0n) is 13.8. The molecule has 2 aromatic carbocycles. The van der Waals surface area contributed by atoms with Crippen LogP contribution in [0.3, 0.4) is 0 Å². The third-order valence-electron chi connectivity index (χ3n) is 3.01. The van der Waals surface area contributed by atoms with E-state index in [-0.39, 0.29) is 11.0 Å². The van der Waals surface area contributed by atoms with Gasteiger partial charge in [0.15, 0.2) is 5.69 Å². The van der Waals surface area contributed by atoms with E-state index in [9.17, 15) is 9.90 Å². The molecule has 8 heteroatoms. The molecule has 0 amide bonds. The van der Waals surface area contributed by atoms with E-state index in [0.29, 0.717) is 17.3 Å². The average Bonchev–Trinajstić information content (AvgIpc) is 2.63. The number of nitrogens with two attached hydrogens (primary N) is 2. The Morgan fingerprint density at radius 2 is 1.42 bits per heavy atom. The van der Waals surface area contributed by atoms with Gasteiger partial charge in [-0.3, -0.25) is 0 Å². The smallest absolute Gasteiger partial charge is 0.245 e. The van der Waals surface area contributed by atoms with Crippen molar-refractivity contribution < 1.29 is 20.4 Å². The molecule has 0 unspecified atom stereocenters. The fourth-order valence-corrected chi connectivity index (χ4v) is 1.79. The second-order valence-corrected chi connectivity index (χ2v) is 4.90. The summed E-state index contributed by atoms with van der Waals surface area (Å²) in [5.74, 6) is -0.230. The van der Waals surface area contributed by atoms with E-state index in [4.69, 9.17) is 11.5 Å². The molecule has 3 rings (SSSR count). The molecule has 0 bridgehead atoms. The molecule has 0 aliphatic carbocycles. The number of hydrogen-bond donors (Lipinski definition) is 2. The number of hydrogen-bond acceptors (Lipinski definition) is 6. The van der Waals surface area contributed by atoms with Gasteiger partial charge in [-0.15, -0.1) is 5.11 Å². The van der Waals surface area contributed by atoms with Crippen LogP contribution in [0.15, 0.2) is 83.0 Å². The van der Waals surface area contributed by atoms with Crippen LogP contribution >= 0.6 is 0 Å². The van der Waals surface area contributed by atoms with Crippen molar-refractivity contribution in [1.82, 2.24) is 0 Å². The minimum atomic E-state index is -1.13. The number of anilines is 2. The Bertz CT molecular complexity index is 855. The van der Waals surface area contributed by atoms with Crippen LogP contribution < -0.4 is 21.6 Å². The first-order chi connectivity index (χ1) is 12.1. The van der Waals surface area contributed by atoms with Gasteiger partial charge in [0.25, 0.3) is 0 Å². The van der Waals surface area contributed by atoms with Crippen LogP contribution in [-0.4, -0.2) is 11.4 Å². The average molecular weight is 353 g/mol. The highest BCUT2D eigenvalue weighted by molar-refractivity contribution is 5.85. The van der Waals surface area contributed by atoms with Crippen molar-refractivity contribution in [3.05, 3.63) is 78.4 Å². The summed E-state index contributed by atoms with van der Waals surface area (Å²) in [6.45, 7) is 0. The number of aromatic carboxylic acids is 1. The molecule has 1 heterocycles. The molecule has 0 saturated heterocycles. The number of benzene rings is 2. The summed E-state index contributed by atoms with van der Waals surface area (Å²) in [5, 5.41) is 18.2. The minimum absolute atomic E-state index is 0. The first kappa shape index (κ1) is 20.3. The SMILES string of the molecule is Nc1ccc(N=Nc2ccccc2)c(N)[nH+]1.O.O=C([O-])c1ccccc1. The van der Waals surface area contributed by atoms with Crippen LogP contribution in [0.5, 0.6) is 0 Å². The largest absolute Gasteiger partial charge is 0.545 e. The number of H-pyrrole nitrogens is 1. The van der Waals surface area contributed by atoms with E-state index >= 15 is 0 Å². The van der Waals surface area contributed by atoms with E-state index in [1.165, 1.54) is 12.1 Å². The number of nitrogens with zero attached hydrogens (tertiary/aromatic N) is 2. The Morgan fingerprint density at radius 3 is 1.92 bits per heavy atom. The summed E-state index contributed by atoms with van der Waals surface area (Å²) in [7, 11) is 0. The summed E-state index contributed by atoms with van der Waals surface area (Å²) in [6, 6.07) is 20.9. The Kier molecular flexibility index (Phi) is 7.92. The highest BCUT2D eigenvalue weighted by Gasteiger charge is 2.02. The van der Waals surface area contributed by atoms with Crippen molar-refractivity contribution in [2.45, 2.75) is 0 Å². The quantitative estimate of drug-likeness (QED) is 0.679. The number of azo groups is 1. The maximum absolute atomic E-state index is 10.1. The van der Waals surface area contributed by atoms with Gasteiger partial charge in [-0.25, -0.2) is 4.98 Å². The molecule has 7 N–H and O–H groups in total. The van der Waals surface area contributed by atoms with Crippen molar-refractivity contribution in [3.63, 3.8) is 0 Å². The van der Waals surface area contributed by atoms with Crippen LogP contribution in [0.25, 0.3) is 0 Å². The molecule has 0 atom stereocenters. The zero-order valence-corrected chi connectivity index (χ0v) is 13.8. The Hall–Kier alpha value is -3.78.